The number of sulfonamides is 1. The van der Waals surface area contributed by atoms with Crippen LogP contribution in [0.1, 0.15) is 0 Å². The standard InChI is InChI=1S/C16H14BrClN2O4S/c1-25(22,23)20-9-15(24-14-5-3-2-4-13(14)20)16(21)19-10-6-7-11(17)12(18)8-10/h2-8,15H,9H2,1H3,(H,19,21)/t15-/m1/s1. The van der Waals surface area contributed by atoms with E-state index in [2.05, 4.69) is 21.2 Å². The molecule has 0 aliphatic carbocycles. The van der Waals surface area contributed by atoms with E-state index in [-0.39, 0.29) is 6.54 Å². The van der Waals surface area contributed by atoms with Crippen LogP contribution in [-0.4, -0.2) is 33.2 Å². The maximum Gasteiger partial charge on any atom is 0.267 e. The number of benzene rings is 2. The second-order valence-corrected chi connectivity index (χ2v) is 8.65. The third-order valence-corrected chi connectivity index (χ3v) is 5.99. The van der Waals surface area contributed by atoms with Crippen LogP contribution in [0.15, 0.2) is 46.9 Å². The summed E-state index contributed by atoms with van der Waals surface area (Å²) in [5.41, 5.74) is 0.910. The molecule has 0 unspecified atom stereocenters. The lowest BCUT2D eigenvalue weighted by Crippen LogP contribution is -2.48. The summed E-state index contributed by atoms with van der Waals surface area (Å²) < 4.78 is 31.7. The number of hydrogen-bond acceptors (Lipinski definition) is 4. The third kappa shape index (κ3) is 3.91. The Balaban J connectivity index is 1.85. The molecule has 1 atom stereocenters. The SMILES string of the molecule is CS(=O)(=O)N1C[C@H](C(=O)Nc2ccc(Br)c(Cl)c2)Oc2ccccc21. The highest BCUT2D eigenvalue weighted by atomic mass is 79.9. The van der Waals surface area contributed by atoms with Crippen molar-refractivity contribution < 1.29 is 17.9 Å². The number of fused-ring (bicyclic) bond motifs is 1. The zero-order valence-electron chi connectivity index (χ0n) is 13.1. The molecule has 1 heterocycles. The summed E-state index contributed by atoms with van der Waals surface area (Å²) in [6.45, 7) is -0.105. The number of halogens is 2. The van der Waals surface area contributed by atoms with E-state index in [4.69, 9.17) is 16.3 Å². The van der Waals surface area contributed by atoms with Crippen molar-refractivity contribution >= 4 is 54.8 Å². The van der Waals surface area contributed by atoms with Gasteiger partial charge in [-0.25, -0.2) is 8.42 Å². The van der Waals surface area contributed by atoms with E-state index in [9.17, 15) is 13.2 Å². The number of ether oxygens (including phenoxy) is 1. The molecule has 2 aromatic rings. The van der Waals surface area contributed by atoms with Crippen LogP contribution in [0.4, 0.5) is 11.4 Å². The summed E-state index contributed by atoms with van der Waals surface area (Å²) in [6, 6.07) is 11.7. The van der Waals surface area contributed by atoms with E-state index < -0.39 is 22.0 Å². The fourth-order valence-electron chi connectivity index (χ4n) is 2.45. The predicted octanol–water partition coefficient (Wildman–Crippen LogP) is 3.27. The first-order valence-corrected chi connectivity index (χ1v) is 10.3. The number of carbonyl (C=O) groups excluding carboxylic acids is 1. The molecule has 0 radical (unpaired) electrons. The summed E-state index contributed by atoms with van der Waals surface area (Å²) in [4.78, 5) is 12.5. The monoisotopic (exact) mass is 444 g/mol. The first-order valence-electron chi connectivity index (χ1n) is 7.25. The predicted molar refractivity (Wildman–Crippen MR) is 101 cm³/mol. The average molecular weight is 446 g/mol. The van der Waals surface area contributed by atoms with Crippen LogP contribution in [0.5, 0.6) is 5.75 Å². The second kappa shape index (κ2) is 6.86. The lowest BCUT2D eigenvalue weighted by Gasteiger charge is -2.33. The number of amides is 1. The van der Waals surface area contributed by atoms with E-state index in [0.29, 0.717) is 26.6 Å². The van der Waals surface area contributed by atoms with Gasteiger partial charge in [0.15, 0.2) is 6.10 Å². The topological polar surface area (TPSA) is 75.7 Å². The average Bonchev–Trinajstić information content (AvgIpc) is 2.56. The van der Waals surface area contributed by atoms with Crippen molar-refractivity contribution in [2.45, 2.75) is 6.10 Å². The Kier molecular flexibility index (Phi) is 4.95. The first kappa shape index (κ1) is 18.0. The Morgan fingerprint density at radius 3 is 2.72 bits per heavy atom. The van der Waals surface area contributed by atoms with Crippen LogP contribution in [0.25, 0.3) is 0 Å². The summed E-state index contributed by atoms with van der Waals surface area (Å²) in [5.74, 6) is -0.116. The van der Waals surface area contributed by atoms with E-state index in [1.165, 1.54) is 4.31 Å². The molecule has 0 aromatic heterocycles. The molecule has 0 saturated carbocycles. The molecular weight excluding hydrogens is 432 g/mol. The van der Waals surface area contributed by atoms with Gasteiger partial charge < -0.3 is 10.1 Å². The van der Waals surface area contributed by atoms with Gasteiger partial charge in [0.1, 0.15) is 5.75 Å². The van der Waals surface area contributed by atoms with Crippen molar-refractivity contribution in [3.8, 4) is 5.75 Å². The zero-order valence-corrected chi connectivity index (χ0v) is 16.2. The Morgan fingerprint density at radius 1 is 1.32 bits per heavy atom. The van der Waals surface area contributed by atoms with E-state index >= 15 is 0 Å². The number of hydrogen-bond donors (Lipinski definition) is 1. The molecule has 6 nitrogen and oxygen atoms in total. The van der Waals surface area contributed by atoms with Crippen LogP contribution < -0.4 is 14.4 Å². The van der Waals surface area contributed by atoms with Crippen molar-refractivity contribution in [1.29, 1.82) is 0 Å². The minimum Gasteiger partial charge on any atom is -0.476 e. The van der Waals surface area contributed by atoms with Crippen LogP contribution in [0.2, 0.25) is 5.02 Å². The molecule has 132 valence electrons. The van der Waals surface area contributed by atoms with Gasteiger partial charge in [-0.3, -0.25) is 9.10 Å². The van der Waals surface area contributed by atoms with Gasteiger partial charge in [-0.1, -0.05) is 23.7 Å². The molecule has 1 N–H and O–H groups in total. The minimum absolute atomic E-state index is 0.105. The van der Waals surface area contributed by atoms with Crippen LogP contribution in [0.3, 0.4) is 0 Å². The second-order valence-electron chi connectivity index (χ2n) is 5.49. The fourth-order valence-corrected chi connectivity index (χ4v) is 3.79. The molecule has 0 bridgehead atoms. The van der Waals surface area contributed by atoms with Gasteiger partial charge >= 0.3 is 0 Å². The summed E-state index contributed by atoms with van der Waals surface area (Å²) in [5, 5.41) is 3.14. The Hall–Kier alpha value is -1.77. The van der Waals surface area contributed by atoms with Crippen LogP contribution in [0, 0.1) is 0 Å². The maximum atomic E-state index is 12.5. The number of nitrogens with zero attached hydrogens (tertiary/aromatic N) is 1. The Labute approximate surface area is 158 Å². The molecule has 0 saturated heterocycles. The number of carbonyl (C=O) groups is 1. The molecular formula is C16H14BrClN2O4S. The molecule has 25 heavy (non-hydrogen) atoms. The van der Waals surface area contributed by atoms with Crippen molar-refractivity contribution in [2.24, 2.45) is 0 Å². The number of anilines is 2. The highest BCUT2D eigenvalue weighted by Crippen LogP contribution is 2.35. The van der Waals surface area contributed by atoms with Crippen LogP contribution in [-0.2, 0) is 14.8 Å². The normalized spacial score (nSPS) is 16.8. The van der Waals surface area contributed by atoms with Crippen molar-refractivity contribution in [3.63, 3.8) is 0 Å². The third-order valence-electron chi connectivity index (χ3n) is 3.61. The van der Waals surface area contributed by atoms with E-state index in [0.717, 1.165) is 6.26 Å². The van der Waals surface area contributed by atoms with Gasteiger partial charge in [-0.05, 0) is 46.3 Å². The lowest BCUT2D eigenvalue weighted by molar-refractivity contribution is -0.122. The van der Waals surface area contributed by atoms with Gasteiger partial charge in [-0.15, -0.1) is 0 Å². The first-order chi connectivity index (χ1) is 11.8. The summed E-state index contributed by atoms with van der Waals surface area (Å²) in [6.07, 6.45) is 0.116. The minimum atomic E-state index is -3.54. The molecule has 3 rings (SSSR count). The van der Waals surface area contributed by atoms with Gasteiger partial charge in [0.05, 0.1) is 23.5 Å². The van der Waals surface area contributed by atoms with Gasteiger partial charge in [0, 0.05) is 10.2 Å². The molecule has 1 amide bonds. The molecule has 1 aliphatic rings. The quantitative estimate of drug-likeness (QED) is 0.787. The molecule has 0 fully saturated rings. The van der Waals surface area contributed by atoms with Crippen molar-refractivity contribution in [1.82, 2.24) is 0 Å². The number of para-hydroxylation sites is 2. The number of nitrogens with one attached hydrogen (secondary N) is 1. The van der Waals surface area contributed by atoms with E-state index in [1.54, 1.807) is 42.5 Å². The number of rotatable bonds is 3. The highest BCUT2D eigenvalue weighted by molar-refractivity contribution is 9.10. The van der Waals surface area contributed by atoms with Gasteiger partial charge in [0.2, 0.25) is 10.0 Å². The molecule has 9 heteroatoms. The summed E-state index contributed by atoms with van der Waals surface area (Å²) >= 11 is 9.29. The van der Waals surface area contributed by atoms with Crippen LogP contribution >= 0.6 is 27.5 Å². The fraction of sp³-hybridized carbons (Fsp3) is 0.188. The summed E-state index contributed by atoms with van der Waals surface area (Å²) in [7, 11) is -3.54. The van der Waals surface area contributed by atoms with Gasteiger partial charge in [0.25, 0.3) is 5.91 Å². The Morgan fingerprint density at radius 2 is 2.04 bits per heavy atom. The lowest BCUT2D eigenvalue weighted by atomic mass is 10.2. The van der Waals surface area contributed by atoms with Gasteiger partial charge in [-0.2, -0.15) is 0 Å². The molecule has 0 spiro atoms. The maximum absolute atomic E-state index is 12.5. The van der Waals surface area contributed by atoms with E-state index in [1.807, 2.05) is 0 Å². The van der Waals surface area contributed by atoms with Crippen molar-refractivity contribution in [2.75, 3.05) is 22.4 Å². The highest BCUT2D eigenvalue weighted by Gasteiger charge is 2.34. The molecule has 1 aliphatic heterocycles. The smallest absolute Gasteiger partial charge is 0.267 e. The largest absolute Gasteiger partial charge is 0.476 e. The molecule has 2 aromatic carbocycles. The Bertz CT molecular complexity index is 935. The zero-order chi connectivity index (χ0) is 18.2. The van der Waals surface area contributed by atoms with Crippen molar-refractivity contribution in [3.05, 3.63) is 52.0 Å².